The number of hydrogen-bond donors (Lipinski definition) is 1. The lowest BCUT2D eigenvalue weighted by Gasteiger charge is -2.36. The molecule has 0 amide bonds. The van der Waals surface area contributed by atoms with Crippen molar-refractivity contribution in [3.8, 4) is 0 Å². The van der Waals surface area contributed by atoms with Crippen molar-refractivity contribution in [2.24, 2.45) is 5.73 Å². The zero-order chi connectivity index (χ0) is 13.4. The third-order valence-corrected chi connectivity index (χ3v) is 4.49. The van der Waals surface area contributed by atoms with Gasteiger partial charge in [0.1, 0.15) is 4.99 Å². The van der Waals surface area contributed by atoms with E-state index in [4.69, 9.17) is 29.6 Å². The third kappa shape index (κ3) is 2.86. The number of hydrogen-bond acceptors (Lipinski definition) is 3. The topological polar surface area (TPSA) is 32.5 Å². The Kier molecular flexibility index (Phi) is 3.65. The van der Waals surface area contributed by atoms with E-state index in [9.17, 15) is 0 Å². The van der Waals surface area contributed by atoms with Gasteiger partial charge in [-0.05, 0) is 31.0 Å². The Hall–Kier alpha value is -0.840. The second kappa shape index (κ2) is 5.27. The van der Waals surface area contributed by atoms with Gasteiger partial charge in [0.05, 0.1) is 10.7 Å². The first kappa shape index (κ1) is 13.2. The van der Waals surface area contributed by atoms with E-state index in [1.54, 1.807) is 0 Å². The molecule has 1 saturated heterocycles. The van der Waals surface area contributed by atoms with Crippen LogP contribution >= 0.6 is 23.8 Å². The molecule has 3 nitrogen and oxygen atoms in total. The largest absolute Gasteiger partial charge is 0.389 e. The van der Waals surface area contributed by atoms with Gasteiger partial charge in [0.2, 0.25) is 0 Å². The van der Waals surface area contributed by atoms with Crippen LogP contribution in [0.1, 0.15) is 18.4 Å². The average molecular weight is 296 g/mol. The minimum Gasteiger partial charge on any atom is -0.389 e. The van der Waals surface area contributed by atoms with Crippen LogP contribution < -0.4 is 10.6 Å². The molecule has 19 heavy (non-hydrogen) atoms. The van der Waals surface area contributed by atoms with E-state index >= 15 is 0 Å². The maximum absolute atomic E-state index is 6.35. The molecule has 1 aromatic carbocycles. The minimum atomic E-state index is 0.395. The number of thiocarbonyl (C=S) groups is 1. The standard InChI is InChI=1S/C14H18ClN3S/c15-12-9-10(14(16)19)1-4-13(12)18-7-5-17(6-8-18)11-2-3-11/h1,4,9,11H,2-3,5-8H2,(H2,16,19). The lowest BCUT2D eigenvalue weighted by molar-refractivity contribution is 0.248. The van der Waals surface area contributed by atoms with Gasteiger partial charge in [-0.2, -0.15) is 0 Å². The first-order valence-electron chi connectivity index (χ1n) is 6.73. The highest BCUT2D eigenvalue weighted by Crippen LogP contribution is 2.31. The Balaban J connectivity index is 1.70. The van der Waals surface area contributed by atoms with Gasteiger partial charge in [-0.3, -0.25) is 4.90 Å². The zero-order valence-corrected chi connectivity index (χ0v) is 12.4. The summed E-state index contributed by atoms with van der Waals surface area (Å²) in [5.74, 6) is 0. The Labute approximate surface area is 124 Å². The van der Waals surface area contributed by atoms with Crippen LogP contribution in [0.25, 0.3) is 0 Å². The Bertz CT molecular complexity index is 493. The Morgan fingerprint density at radius 2 is 1.89 bits per heavy atom. The maximum atomic E-state index is 6.35. The quantitative estimate of drug-likeness (QED) is 0.867. The summed E-state index contributed by atoms with van der Waals surface area (Å²) in [6.07, 6.45) is 2.76. The van der Waals surface area contributed by atoms with Gasteiger partial charge in [-0.15, -0.1) is 0 Å². The van der Waals surface area contributed by atoms with Crippen molar-refractivity contribution in [2.75, 3.05) is 31.1 Å². The molecule has 2 fully saturated rings. The van der Waals surface area contributed by atoms with Gasteiger partial charge in [-0.1, -0.05) is 23.8 Å². The molecule has 0 atom stereocenters. The van der Waals surface area contributed by atoms with E-state index in [2.05, 4.69) is 9.80 Å². The molecule has 5 heteroatoms. The second-order valence-corrected chi connectivity index (χ2v) is 6.13. The van der Waals surface area contributed by atoms with Crippen molar-refractivity contribution in [1.29, 1.82) is 0 Å². The number of nitrogens with two attached hydrogens (primary N) is 1. The van der Waals surface area contributed by atoms with Crippen LogP contribution in [-0.4, -0.2) is 42.1 Å². The van der Waals surface area contributed by atoms with Crippen LogP contribution in [0.4, 0.5) is 5.69 Å². The predicted octanol–water partition coefficient (Wildman–Crippen LogP) is 2.26. The molecule has 0 bridgehead atoms. The molecule has 0 aromatic heterocycles. The van der Waals surface area contributed by atoms with Crippen molar-refractivity contribution in [3.05, 3.63) is 28.8 Å². The van der Waals surface area contributed by atoms with E-state index in [1.165, 1.54) is 12.8 Å². The van der Waals surface area contributed by atoms with Crippen LogP contribution in [0, 0.1) is 0 Å². The van der Waals surface area contributed by atoms with Crippen molar-refractivity contribution >= 4 is 34.5 Å². The van der Waals surface area contributed by atoms with Gasteiger partial charge in [0.25, 0.3) is 0 Å². The van der Waals surface area contributed by atoms with E-state index in [-0.39, 0.29) is 0 Å². The molecule has 1 aliphatic carbocycles. The van der Waals surface area contributed by atoms with Crippen molar-refractivity contribution in [3.63, 3.8) is 0 Å². The zero-order valence-electron chi connectivity index (χ0n) is 10.8. The smallest absolute Gasteiger partial charge is 0.104 e. The summed E-state index contributed by atoms with van der Waals surface area (Å²) in [5, 5.41) is 0.741. The predicted molar refractivity (Wildman–Crippen MR) is 84.1 cm³/mol. The molecule has 1 heterocycles. The second-order valence-electron chi connectivity index (χ2n) is 5.28. The van der Waals surface area contributed by atoms with Gasteiger partial charge < -0.3 is 10.6 Å². The van der Waals surface area contributed by atoms with Gasteiger partial charge in [0, 0.05) is 37.8 Å². The average Bonchev–Trinajstić information content (AvgIpc) is 3.23. The molecular formula is C14H18ClN3S. The highest BCUT2D eigenvalue weighted by atomic mass is 35.5. The summed E-state index contributed by atoms with van der Waals surface area (Å²) < 4.78 is 0. The summed E-state index contributed by atoms with van der Waals surface area (Å²) in [6, 6.07) is 6.71. The van der Waals surface area contributed by atoms with Crippen LogP contribution in [0.15, 0.2) is 18.2 Å². The van der Waals surface area contributed by atoms with E-state index in [0.29, 0.717) is 4.99 Å². The van der Waals surface area contributed by atoms with Crippen molar-refractivity contribution < 1.29 is 0 Å². The molecule has 0 spiro atoms. The fourth-order valence-electron chi connectivity index (χ4n) is 2.68. The number of anilines is 1. The summed E-state index contributed by atoms with van der Waals surface area (Å²) in [4.78, 5) is 5.34. The highest BCUT2D eigenvalue weighted by molar-refractivity contribution is 7.80. The molecule has 1 aliphatic heterocycles. The summed E-state index contributed by atoms with van der Waals surface area (Å²) in [5.41, 5.74) is 7.55. The SMILES string of the molecule is NC(=S)c1ccc(N2CCN(C3CC3)CC2)c(Cl)c1. The van der Waals surface area contributed by atoms with Gasteiger partial charge in [-0.25, -0.2) is 0 Å². The number of piperazine rings is 1. The van der Waals surface area contributed by atoms with Gasteiger partial charge in [0.15, 0.2) is 0 Å². The minimum absolute atomic E-state index is 0.395. The Morgan fingerprint density at radius 3 is 2.42 bits per heavy atom. The molecule has 0 radical (unpaired) electrons. The summed E-state index contributed by atoms with van der Waals surface area (Å²) in [6.45, 7) is 4.36. The Morgan fingerprint density at radius 1 is 1.21 bits per heavy atom. The number of nitrogens with zero attached hydrogens (tertiary/aromatic N) is 2. The normalized spacial score (nSPS) is 20.6. The van der Waals surface area contributed by atoms with Crippen LogP contribution in [0.2, 0.25) is 5.02 Å². The van der Waals surface area contributed by atoms with Crippen molar-refractivity contribution in [1.82, 2.24) is 4.90 Å². The summed E-state index contributed by atoms with van der Waals surface area (Å²) >= 11 is 11.3. The molecule has 2 N–H and O–H groups in total. The van der Waals surface area contributed by atoms with E-state index < -0.39 is 0 Å². The first-order chi connectivity index (χ1) is 9.15. The lowest BCUT2D eigenvalue weighted by Crippen LogP contribution is -2.47. The molecular weight excluding hydrogens is 278 g/mol. The number of halogens is 1. The van der Waals surface area contributed by atoms with Crippen LogP contribution in [0.5, 0.6) is 0 Å². The fraction of sp³-hybridized carbons (Fsp3) is 0.500. The van der Waals surface area contributed by atoms with Crippen LogP contribution in [0.3, 0.4) is 0 Å². The number of rotatable bonds is 3. The molecule has 0 unspecified atom stereocenters. The third-order valence-electron chi connectivity index (χ3n) is 3.95. The molecule has 1 aromatic rings. The first-order valence-corrected chi connectivity index (χ1v) is 7.52. The van der Waals surface area contributed by atoms with Gasteiger partial charge >= 0.3 is 0 Å². The number of benzene rings is 1. The lowest BCUT2D eigenvalue weighted by atomic mass is 10.1. The fourth-order valence-corrected chi connectivity index (χ4v) is 3.11. The van der Waals surface area contributed by atoms with Crippen molar-refractivity contribution in [2.45, 2.75) is 18.9 Å². The maximum Gasteiger partial charge on any atom is 0.104 e. The van der Waals surface area contributed by atoms with Crippen LogP contribution in [-0.2, 0) is 0 Å². The molecule has 3 rings (SSSR count). The molecule has 1 saturated carbocycles. The monoisotopic (exact) mass is 295 g/mol. The molecule has 2 aliphatic rings. The summed E-state index contributed by atoms with van der Waals surface area (Å²) in [7, 11) is 0. The van der Waals surface area contributed by atoms with E-state index in [1.807, 2.05) is 18.2 Å². The van der Waals surface area contributed by atoms with E-state index in [0.717, 1.165) is 48.5 Å². The highest BCUT2D eigenvalue weighted by Gasteiger charge is 2.31. The molecule has 102 valence electrons.